The molecular weight excluding hydrogens is 230 g/mol. The third-order valence-electron chi connectivity index (χ3n) is 3.90. The lowest BCUT2D eigenvalue weighted by molar-refractivity contribution is -0.135. The largest absolute Gasteiger partial charge is 0.378 e. The number of nitrogens with two attached hydrogens (primary N) is 1. The van der Waals surface area contributed by atoms with Gasteiger partial charge in [0.2, 0.25) is 5.91 Å². The second-order valence-electron chi connectivity index (χ2n) is 5.21. The molecule has 5 nitrogen and oxygen atoms in total. The van der Waals surface area contributed by atoms with E-state index in [0.717, 1.165) is 45.5 Å². The van der Waals surface area contributed by atoms with Gasteiger partial charge in [-0.3, -0.25) is 4.79 Å². The van der Waals surface area contributed by atoms with E-state index >= 15 is 0 Å². The summed E-state index contributed by atoms with van der Waals surface area (Å²) in [5, 5.41) is 3.28. The Kier molecular flexibility index (Phi) is 5.41. The third-order valence-corrected chi connectivity index (χ3v) is 3.90. The maximum atomic E-state index is 12.2. The predicted molar refractivity (Wildman–Crippen MR) is 70.3 cm³/mol. The van der Waals surface area contributed by atoms with Gasteiger partial charge in [0.25, 0.3) is 0 Å². The molecule has 5 heteroatoms. The van der Waals surface area contributed by atoms with Crippen LogP contribution in [0, 0.1) is 0 Å². The number of carbonyl (C=O) groups is 1. The topological polar surface area (TPSA) is 67.6 Å². The molecule has 0 aliphatic carbocycles. The Morgan fingerprint density at radius 3 is 3.06 bits per heavy atom. The SMILES string of the molecule is NCC1CNCCN1C(=O)CCC1CCCCO1. The Balaban J connectivity index is 1.75. The molecule has 0 spiro atoms. The van der Waals surface area contributed by atoms with Crippen LogP contribution in [-0.2, 0) is 9.53 Å². The number of hydrogen-bond acceptors (Lipinski definition) is 4. The minimum absolute atomic E-state index is 0.165. The molecule has 2 aliphatic rings. The molecule has 2 unspecified atom stereocenters. The summed E-state index contributed by atoms with van der Waals surface area (Å²) in [6.07, 6.45) is 5.26. The molecule has 2 atom stereocenters. The molecule has 2 aliphatic heterocycles. The van der Waals surface area contributed by atoms with Crippen molar-refractivity contribution in [1.29, 1.82) is 0 Å². The Labute approximate surface area is 109 Å². The van der Waals surface area contributed by atoms with Crippen molar-refractivity contribution in [2.24, 2.45) is 5.73 Å². The molecule has 0 aromatic rings. The van der Waals surface area contributed by atoms with Gasteiger partial charge in [0.1, 0.15) is 0 Å². The molecule has 0 saturated carbocycles. The minimum atomic E-state index is 0.165. The van der Waals surface area contributed by atoms with Crippen LogP contribution in [0.1, 0.15) is 32.1 Å². The van der Waals surface area contributed by atoms with E-state index in [2.05, 4.69) is 5.32 Å². The molecule has 2 heterocycles. The summed E-state index contributed by atoms with van der Waals surface area (Å²) in [4.78, 5) is 14.1. The van der Waals surface area contributed by atoms with Crippen LogP contribution >= 0.6 is 0 Å². The van der Waals surface area contributed by atoms with Crippen LogP contribution in [0.15, 0.2) is 0 Å². The zero-order valence-electron chi connectivity index (χ0n) is 11.1. The average Bonchev–Trinajstić information content (AvgIpc) is 2.45. The van der Waals surface area contributed by atoms with Crippen LogP contribution in [0.5, 0.6) is 0 Å². The second-order valence-corrected chi connectivity index (χ2v) is 5.21. The molecule has 0 aromatic carbocycles. The van der Waals surface area contributed by atoms with Crippen molar-refractivity contribution < 1.29 is 9.53 Å². The quantitative estimate of drug-likeness (QED) is 0.747. The molecular formula is C13H25N3O2. The Bertz CT molecular complexity index is 267. The zero-order chi connectivity index (χ0) is 12.8. The fourth-order valence-corrected chi connectivity index (χ4v) is 2.76. The number of rotatable bonds is 4. The van der Waals surface area contributed by atoms with E-state index in [-0.39, 0.29) is 11.9 Å². The van der Waals surface area contributed by atoms with Gasteiger partial charge in [-0.1, -0.05) is 0 Å². The summed E-state index contributed by atoms with van der Waals surface area (Å²) in [6.45, 7) is 3.88. The van der Waals surface area contributed by atoms with Gasteiger partial charge in [0, 0.05) is 39.2 Å². The van der Waals surface area contributed by atoms with E-state index in [1.54, 1.807) is 0 Å². The maximum absolute atomic E-state index is 12.2. The standard InChI is InChI=1S/C13H25N3O2/c14-9-11-10-15-6-7-16(11)13(17)5-4-12-3-1-2-8-18-12/h11-12,15H,1-10,14H2. The monoisotopic (exact) mass is 255 g/mol. The summed E-state index contributed by atoms with van der Waals surface area (Å²) in [5.41, 5.74) is 5.71. The molecule has 2 fully saturated rings. The van der Waals surface area contributed by atoms with Crippen molar-refractivity contribution in [3.63, 3.8) is 0 Å². The first-order valence-electron chi connectivity index (χ1n) is 7.13. The first-order chi connectivity index (χ1) is 8.81. The number of hydrogen-bond donors (Lipinski definition) is 2. The highest BCUT2D eigenvalue weighted by atomic mass is 16.5. The lowest BCUT2D eigenvalue weighted by Gasteiger charge is -2.36. The molecule has 1 amide bonds. The number of ether oxygens (including phenoxy) is 1. The van der Waals surface area contributed by atoms with Crippen molar-refractivity contribution in [3.8, 4) is 0 Å². The molecule has 0 radical (unpaired) electrons. The van der Waals surface area contributed by atoms with Crippen molar-refractivity contribution >= 4 is 5.91 Å². The Hall–Kier alpha value is -0.650. The predicted octanol–water partition coefficient (Wildman–Crippen LogP) is 0.0948. The van der Waals surface area contributed by atoms with Gasteiger partial charge in [-0.25, -0.2) is 0 Å². The van der Waals surface area contributed by atoms with Crippen molar-refractivity contribution in [1.82, 2.24) is 10.2 Å². The van der Waals surface area contributed by atoms with Crippen LogP contribution in [0.2, 0.25) is 0 Å². The first kappa shape index (κ1) is 13.8. The van der Waals surface area contributed by atoms with E-state index in [4.69, 9.17) is 10.5 Å². The van der Waals surface area contributed by atoms with Gasteiger partial charge in [0.05, 0.1) is 12.1 Å². The number of nitrogens with one attached hydrogen (secondary N) is 1. The van der Waals surface area contributed by atoms with E-state index in [9.17, 15) is 4.79 Å². The summed E-state index contributed by atoms with van der Waals surface area (Å²) >= 11 is 0. The summed E-state index contributed by atoms with van der Waals surface area (Å²) < 4.78 is 5.66. The summed E-state index contributed by atoms with van der Waals surface area (Å²) in [5.74, 6) is 0.237. The fraction of sp³-hybridized carbons (Fsp3) is 0.923. The maximum Gasteiger partial charge on any atom is 0.223 e. The van der Waals surface area contributed by atoms with Gasteiger partial charge in [-0.15, -0.1) is 0 Å². The normalized spacial score (nSPS) is 29.3. The molecule has 18 heavy (non-hydrogen) atoms. The lowest BCUT2D eigenvalue weighted by Crippen LogP contribution is -2.56. The molecule has 3 N–H and O–H groups in total. The highest BCUT2D eigenvalue weighted by molar-refractivity contribution is 5.76. The van der Waals surface area contributed by atoms with Crippen LogP contribution in [0.25, 0.3) is 0 Å². The van der Waals surface area contributed by atoms with Gasteiger partial charge in [-0.05, 0) is 25.7 Å². The molecule has 2 saturated heterocycles. The number of nitrogens with zero attached hydrogens (tertiary/aromatic N) is 1. The smallest absolute Gasteiger partial charge is 0.223 e. The van der Waals surface area contributed by atoms with Crippen LogP contribution < -0.4 is 11.1 Å². The fourth-order valence-electron chi connectivity index (χ4n) is 2.76. The van der Waals surface area contributed by atoms with Gasteiger partial charge >= 0.3 is 0 Å². The van der Waals surface area contributed by atoms with Crippen molar-refractivity contribution in [2.45, 2.75) is 44.2 Å². The molecule has 0 bridgehead atoms. The number of carbonyl (C=O) groups excluding carboxylic acids is 1. The number of amides is 1. The van der Waals surface area contributed by atoms with Crippen molar-refractivity contribution in [3.05, 3.63) is 0 Å². The molecule has 2 rings (SSSR count). The lowest BCUT2D eigenvalue weighted by atomic mass is 10.0. The van der Waals surface area contributed by atoms with Crippen LogP contribution in [0.3, 0.4) is 0 Å². The van der Waals surface area contributed by atoms with Crippen LogP contribution in [-0.4, -0.2) is 55.7 Å². The summed E-state index contributed by atoms with van der Waals surface area (Å²) in [6, 6.07) is 0.165. The van der Waals surface area contributed by atoms with E-state index in [1.165, 1.54) is 6.42 Å². The highest BCUT2D eigenvalue weighted by Gasteiger charge is 2.26. The van der Waals surface area contributed by atoms with E-state index in [1.807, 2.05) is 4.90 Å². The second kappa shape index (κ2) is 7.07. The number of piperazine rings is 1. The zero-order valence-corrected chi connectivity index (χ0v) is 11.1. The average molecular weight is 255 g/mol. The highest BCUT2D eigenvalue weighted by Crippen LogP contribution is 2.18. The molecule has 104 valence electrons. The van der Waals surface area contributed by atoms with Gasteiger partial charge < -0.3 is 20.7 Å². The third kappa shape index (κ3) is 3.67. The van der Waals surface area contributed by atoms with Crippen LogP contribution in [0.4, 0.5) is 0 Å². The Morgan fingerprint density at radius 1 is 1.44 bits per heavy atom. The van der Waals surface area contributed by atoms with Crippen molar-refractivity contribution in [2.75, 3.05) is 32.8 Å². The Morgan fingerprint density at radius 2 is 2.33 bits per heavy atom. The first-order valence-corrected chi connectivity index (χ1v) is 7.13. The van der Waals surface area contributed by atoms with Gasteiger partial charge in [0.15, 0.2) is 0 Å². The van der Waals surface area contributed by atoms with E-state index in [0.29, 0.717) is 19.1 Å². The summed E-state index contributed by atoms with van der Waals surface area (Å²) in [7, 11) is 0. The molecule has 0 aromatic heterocycles. The minimum Gasteiger partial charge on any atom is -0.378 e. The van der Waals surface area contributed by atoms with Gasteiger partial charge in [-0.2, -0.15) is 0 Å². The van der Waals surface area contributed by atoms with E-state index < -0.39 is 0 Å².